The highest BCUT2D eigenvalue weighted by molar-refractivity contribution is 5.95. The van der Waals surface area contributed by atoms with Crippen molar-refractivity contribution in [3.05, 3.63) is 24.3 Å². The Morgan fingerprint density at radius 2 is 2.00 bits per heavy atom. The topological polar surface area (TPSA) is 93.1 Å². The molecule has 0 spiro atoms. The van der Waals surface area contributed by atoms with E-state index in [-0.39, 0.29) is 13.0 Å². The summed E-state index contributed by atoms with van der Waals surface area (Å²) >= 11 is 0. The molecule has 1 aliphatic heterocycles. The predicted octanol–water partition coefficient (Wildman–Crippen LogP) is 0.804. The van der Waals surface area contributed by atoms with E-state index >= 15 is 0 Å². The molecule has 1 aromatic rings. The van der Waals surface area contributed by atoms with Gasteiger partial charge in [-0.25, -0.2) is 9.59 Å². The number of rotatable bonds is 3. The third-order valence-electron chi connectivity index (χ3n) is 3.45. The maximum atomic E-state index is 12.3. The first-order valence-electron chi connectivity index (χ1n) is 6.65. The number of carbonyl (C=O) groups is 2. The molecule has 0 aliphatic carbocycles. The van der Waals surface area contributed by atoms with E-state index in [1.807, 2.05) is 31.1 Å². The number of para-hydroxylation sites is 2. The molecule has 1 aliphatic rings. The van der Waals surface area contributed by atoms with E-state index in [1.54, 1.807) is 12.1 Å². The number of urea groups is 1. The molecular weight excluding hydrogens is 274 g/mol. The summed E-state index contributed by atoms with van der Waals surface area (Å²) in [7, 11) is 3.70. The number of hydrogen-bond donors (Lipinski definition) is 3. The van der Waals surface area contributed by atoms with Gasteiger partial charge in [-0.1, -0.05) is 12.1 Å². The number of anilines is 2. The molecule has 2 atom stereocenters. The van der Waals surface area contributed by atoms with Gasteiger partial charge in [0.2, 0.25) is 0 Å². The minimum Gasteiger partial charge on any atom is -0.480 e. The average molecular weight is 293 g/mol. The van der Waals surface area contributed by atoms with Crippen molar-refractivity contribution in [1.29, 1.82) is 0 Å². The van der Waals surface area contributed by atoms with Crippen LogP contribution in [-0.4, -0.2) is 59.9 Å². The molecule has 7 heteroatoms. The maximum Gasteiger partial charge on any atom is 0.326 e. The number of likely N-dealkylation sites (tertiary alicyclic amines) is 1. The molecule has 114 valence electrons. The lowest BCUT2D eigenvalue weighted by atomic mass is 10.2. The number of nitrogens with one attached hydrogen (secondary N) is 1. The van der Waals surface area contributed by atoms with E-state index in [0.717, 1.165) is 10.6 Å². The standard InChI is InChI=1S/C14H19N3O4/c1-16(2)11-6-4-3-5-10(11)15-14(21)17-8-9(18)7-12(17)13(19)20/h3-6,9,12,18H,7-8H2,1-2H3,(H,15,21)(H,19,20)/t9?,12-/m0/s1. The molecule has 0 aromatic heterocycles. The van der Waals surface area contributed by atoms with Crippen LogP contribution < -0.4 is 10.2 Å². The van der Waals surface area contributed by atoms with Crippen LogP contribution in [0.15, 0.2) is 24.3 Å². The van der Waals surface area contributed by atoms with Crippen molar-refractivity contribution in [3.8, 4) is 0 Å². The number of benzene rings is 1. The number of carbonyl (C=O) groups excluding carboxylic acids is 1. The minimum atomic E-state index is -1.11. The van der Waals surface area contributed by atoms with Gasteiger partial charge in [0.25, 0.3) is 0 Å². The molecular formula is C14H19N3O4. The Bertz CT molecular complexity index is 547. The van der Waals surface area contributed by atoms with E-state index in [2.05, 4.69) is 5.32 Å². The summed E-state index contributed by atoms with van der Waals surface area (Å²) < 4.78 is 0. The highest BCUT2D eigenvalue weighted by Gasteiger charge is 2.39. The molecule has 2 rings (SSSR count). The first-order chi connectivity index (χ1) is 9.90. The highest BCUT2D eigenvalue weighted by atomic mass is 16.4. The molecule has 21 heavy (non-hydrogen) atoms. The smallest absolute Gasteiger partial charge is 0.326 e. The number of carboxylic acid groups (broad SMARTS) is 1. The maximum absolute atomic E-state index is 12.3. The highest BCUT2D eigenvalue weighted by Crippen LogP contribution is 2.25. The van der Waals surface area contributed by atoms with E-state index in [1.165, 1.54) is 0 Å². The van der Waals surface area contributed by atoms with Crippen molar-refractivity contribution in [2.24, 2.45) is 0 Å². The number of aliphatic hydroxyl groups is 1. The van der Waals surface area contributed by atoms with Gasteiger partial charge < -0.3 is 25.3 Å². The van der Waals surface area contributed by atoms with E-state index in [0.29, 0.717) is 5.69 Å². The fraction of sp³-hybridized carbons (Fsp3) is 0.429. The van der Waals surface area contributed by atoms with Gasteiger partial charge in [-0.3, -0.25) is 0 Å². The second-order valence-corrected chi connectivity index (χ2v) is 5.24. The third-order valence-corrected chi connectivity index (χ3v) is 3.45. The Morgan fingerprint density at radius 3 is 2.62 bits per heavy atom. The summed E-state index contributed by atoms with van der Waals surface area (Å²) in [6.45, 7) is 0.0208. The molecule has 0 radical (unpaired) electrons. The van der Waals surface area contributed by atoms with Gasteiger partial charge in [0.05, 0.1) is 17.5 Å². The van der Waals surface area contributed by atoms with Crippen molar-refractivity contribution < 1.29 is 19.8 Å². The lowest BCUT2D eigenvalue weighted by Crippen LogP contribution is -2.43. The Balaban J connectivity index is 2.16. The largest absolute Gasteiger partial charge is 0.480 e. The van der Waals surface area contributed by atoms with Gasteiger partial charge in [0.1, 0.15) is 6.04 Å². The molecule has 7 nitrogen and oxygen atoms in total. The quantitative estimate of drug-likeness (QED) is 0.766. The molecule has 1 saturated heterocycles. The van der Waals surface area contributed by atoms with Crippen molar-refractivity contribution in [2.45, 2.75) is 18.6 Å². The van der Waals surface area contributed by atoms with Crippen LogP contribution in [0.1, 0.15) is 6.42 Å². The number of carboxylic acids is 1. The number of amides is 2. The van der Waals surface area contributed by atoms with E-state index in [4.69, 9.17) is 5.11 Å². The first kappa shape index (κ1) is 15.1. The Labute approximate surface area is 122 Å². The van der Waals surface area contributed by atoms with Gasteiger partial charge in [-0.15, -0.1) is 0 Å². The molecule has 1 heterocycles. The van der Waals surface area contributed by atoms with Gasteiger partial charge in [0, 0.05) is 27.1 Å². The Hall–Kier alpha value is -2.28. The summed E-state index contributed by atoms with van der Waals surface area (Å²) in [5, 5.41) is 21.4. The summed E-state index contributed by atoms with van der Waals surface area (Å²) in [6, 6.07) is 5.72. The molecule has 1 unspecified atom stereocenters. The third kappa shape index (κ3) is 3.25. The van der Waals surface area contributed by atoms with Crippen molar-refractivity contribution in [2.75, 3.05) is 30.9 Å². The van der Waals surface area contributed by atoms with Crippen LogP contribution >= 0.6 is 0 Å². The number of nitrogens with zero attached hydrogens (tertiary/aromatic N) is 2. The molecule has 2 amide bonds. The zero-order valence-electron chi connectivity index (χ0n) is 12.0. The van der Waals surface area contributed by atoms with Crippen LogP contribution in [0.5, 0.6) is 0 Å². The molecule has 0 saturated carbocycles. The Kier molecular flexibility index (Phi) is 4.32. The predicted molar refractivity (Wildman–Crippen MR) is 78.5 cm³/mol. The van der Waals surface area contributed by atoms with Crippen LogP contribution in [0.25, 0.3) is 0 Å². The summed E-state index contributed by atoms with van der Waals surface area (Å²) in [4.78, 5) is 26.4. The number of aliphatic hydroxyl groups excluding tert-OH is 1. The van der Waals surface area contributed by atoms with Crippen LogP contribution in [-0.2, 0) is 4.79 Å². The van der Waals surface area contributed by atoms with Crippen LogP contribution in [0.4, 0.5) is 16.2 Å². The fourth-order valence-electron chi connectivity index (χ4n) is 2.43. The number of β-amino-alcohol motifs (C(OH)–C–C–N with tert-alkyl or cyclic N) is 1. The molecule has 1 aromatic carbocycles. The van der Waals surface area contributed by atoms with E-state index < -0.39 is 24.1 Å². The summed E-state index contributed by atoms with van der Waals surface area (Å²) in [6.07, 6.45) is -0.751. The van der Waals surface area contributed by atoms with Crippen LogP contribution in [0.3, 0.4) is 0 Å². The summed E-state index contributed by atoms with van der Waals surface area (Å²) in [5.74, 6) is -1.11. The lowest BCUT2D eigenvalue weighted by molar-refractivity contribution is -0.141. The lowest BCUT2D eigenvalue weighted by Gasteiger charge is -2.23. The summed E-state index contributed by atoms with van der Waals surface area (Å²) in [5.41, 5.74) is 1.41. The normalized spacial score (nSPS) is 21.2. The van der Waals surface area contributed by atoms with Crippen LogP contribution in [0, 0.1) is 0 Å². The Morgan fingerprint density at radius 1 is 1.33 bits per heavy atom. The van der Waals surface area contributed by atoms with Gasteiger partial charge >= 0.3 is 12.0 Å². The average Bonchev–Trinajstić information content (AvgIpc) is 2.81. The van der Waals surface area contributed by atoms with Crippen molar-refractivity contribution >= 4 is 23.4 Å². The molecule has 1 fully saturated rings. The van der Waals surface area contributed by atoms with E-state index in [9.17, 15) is 14.7 Å². The first-order valence-corrected chi connectivity index (χ1v) is 6.65. The zero-order valence-corrected chi connectivity index (χ0v) is 12.0. The van der Waals surface area contributed by atoms with Gasteiger partial charge in [0.15, 0.2) is 0 Å². The monoisotopic (exact) mass is 293 g/mol. The SMILES string of the molecule is CN(C)c1ccccc1NC(=O)N1CC(O)C[C@H]1C(=O)O. The zero-order chi connectivity index (χ0) is 15.6. The van der Waals surface area contributed by atoms with Gasteiger partial charge in [-0.2, -0.15) is 0 Å². The minimum absolute atomic E-state index is 0.0208. The number of aliphatic carboxylic acids is 1. The molecule has 3 N–H and O–H groups in total. The molecule has 0 bridgehead atoms. The number of hydrogen-bond acceptors (Lipinski definition) is 4. The van der Waals surface area contributed by atoms with Gasteiger partial charge in [-0.05, 0) is 12.1 Å². The fourth-order valence-corrected chi connectivity index (χ4v) is 2.43. The van der Waals surface area contributed by atoms with Crippen molar-refractivity contribution in [1.82, 2.24) is 4.90 Å². The second-order valence-electron chi connectivity index (χ2n) is 5.24. The second kappa shape index (κ2) is 6.01. The van der Waals surface area contributed by atoms with Crippen LogP contribution in [0.2, 0.25) is 0 Å². The van der Waals surface area contributed by atoms with Crippen molar-refractivity contribution in [3.63, 3.8) is 0 Å².